The molecule has 1 fully saturated rings. The molecule has 1 atom stereocenters. The Balaban J connectivity index is 1.40. The van der Waals surface area contributed by atoms with Crippen LogP contribution >= 0.6 is 0 Å². The van der Waals surface area contributed by atoms with Gasteiger partial charge in [-0.3, -0.25) is 9.69 Å². The summed E-state index contributed by atoms with van der Waals surface area (Å²) in [6.45, 7) is 4.90. The summed E-state index contributed by atoms with van der Waals surface area (Å²) in [5.41, 5.74) is 3.58. The van der Waals surface area contributed by atoms with Crippen molar-refractivity contribution in [3.63, 3.8) is 0 Å². The number of pyridine rings is 1. The quantitative estimate of drug-likeness (QED) is 0.398. The zero-order valence-corrected chi connectivity index (χ0v) is 19.8. The molecule has 0 bridgehead atoms. The smallest absolute Gasteiger partial charge is 0.252 e. The van der Waals surface area contributed by atoms with Crippen LogP contribution in [0.1, 0.15) is 42.3 Å². The maximum absolute atomic E-state index is 13.3. The Kier molecular flexibility index (Phi) is 6.96. The minimum absolute atomic E-state index is 0.0926. The molecule has 0 unspecified atom stereocenters. The van der Waals surface area contributed by atoms with Crippen LogP contribution in [-0.2, 0) is 30.8 Å². The van der Waals surface area contributed by atoms with Gasteiger partial charge in [-0.25, -0.2) is 9.07 Å². The highest BCUT2D eigenvalue weighted by Gasteiger charge is 2.22. The first kappa shape index (κ1) is 23.3. The van der Waals surface area contributed by atoms with Crippen LogP contribution in [0.5, 0.6) is 0 Å². The molecule has 182 valence electrons. The summed E-state index contributed by atoms with van der Waals surface area (Å²) in [5, 5.41) is 13.3. The third-order valence-corrected chi connectivity index (χ3v) is 6.49. The zero-order valence-electron chi connectivity index (χ0n) is 19.8. The van der Waals surface area contributed by atoms with Crippen molar-refractivity contribution in [2.45, 2.75) is 51.9 Å². The molecule has 8 nitrogen and oxygen atoms in total. The lowest BCUT2D eigenvalue weighted by atomic mass is 10.1. The highest BCUT2D eigenvalue weighted by Crippen LogP contribution is 2.19. The number of nitrogens with zero attached hydrogens (tertiary/aromatic N) is 5. The number of aryl methyl sites for hydroxylation is 1. The van der Waals surface area contributed by atoms with Gasteiger partial charge in [-0.2, -0.15) is 0 Å². The first-order chi connectivity index (χ1) is 17.1. The number of hydrogen-bond acceptors (Lipinski definition) is 6. The fraction of sp³-hybridized carbons (Fsp3) is 0.385. The van der Waals surface area contributed by atoms with E-state index in [0.29, 0.717) is 37.6 Å². The number of aromatic amines is 1. The molecule has 35 heavy (non-hydrogen) atoms. The largest absolute Gasteiger partial charge is 0.377 e. The van der Waals surface area contributed by atoms with Crippen LogP contribution in [0.15, 0.2) is 53.3 Å². The summed E-state index contributed by atoms with van der Waals surface area (Å²) in [6.07, 6.45) is 3.08. The molecule has 2 aromatic carbocycles. The molecule has 4 aromatic rings. The van der Waals surface area contributed by atoms with Crippen molar-refractivity contribution < 1.29 is 9.13 Å². The molecule has 1 saturated heterocycles. The van der Waals surface area contributed by atoms with Crippen molar-refractivity contribution >= 4 is 10.9 Å². The second-order valence-corrected chi connectivity index (χ2v) is 9.08. The predicted molar refractivity (Wildman–Crippen MR) is 130 cm³/mol. The van der Waals surface area contributed by atoms with Crippen molar-refractivity contribution in [1.82, 2.24) is 30.1 Å². The van der Waals surface area contributed by atoms with Gasteiger partial charge in [-0.15, -0.1) is 5.10 Å². The van der Waals surface area contributed by atoms with Gasteiger partial charge in [0.05, 0.1) is 19.2 Å². The molecule has 1 aliphatic heterocycles. The van der Waals surface area contributed by atoms with Crippen LogP contribution in [0, 0.1) is 5.82 Å². The number of aromatic nitrogens is 5. The van der Waals surface area contributed by atoms with Gasteiger partial charge in [0.15, 0.2) is 5.82 Å². The monoisotopic (exact) mass is 476 g/mol. The zero-order chi connectivity index (χ0) is 24.2. The van der Waals surface area contributed by atoms with E-state index in [4.69, 9.17) is 4.74 Å². The Hall–Kier alpha value is -3.43. The highest BCUT2D eigenvalue weighted by molar-refractivity contribution is 5.79. The Morgan fingerprint density at radius 2 is 1.97 bits per heavy atom. The number of H-pyrrole nitrogens is 1. The molecule has 0 radical (unpaired) electrons. The van der Waals surface area contributed by atoms with Crippen molar-refractivity contribution in [3.05, 3.63) is 87.2 Å². The van der Waals surface area contributed by atoms with E-state index >= 15 is 0 Å². The molecule has 3 heterocycles. The van der Waals surface area contributed by atoms with E-state index in [1.807, 2.05) is 18.2 Å². The molecule has 0 spiro atoms. The van der Waals surface area contributed by atoms with Crippen molar-refractivity contribution in [2.75, 3.05) is 13.2 Å². The van der Waals surface area contributed by atoms with Gasteiger partial charge in [0.25, 0.3) is 5.56 Å². The van der Waals surface area contributed by atoms with E-state index in [1.54, 1.807) is 16.8 Å². The Labute approximate surface area is 202 Å². The lowest BCUT2D eigenvalue weighted by molar-refractivity contribution is 0.0663. The predicted octanol–water partition coefficient (Wildman–Crippen LogP) is 3.45. The molecule has 5 rings (SSSR count). The van der Waals surface area contributed by atoms with Crippen molar-refractivity contribution in [2.24, 2.45) is 0 Å². The number of benzene rings is 2. The van der Waals surface area contributed by atoms with Gasteiger partial charge in [-0.05, 0) is 76.5 Å². The van der Waals surface area contributed by atoms with Gasteiger partial charge in [0.2, 0.25) is 0 Å². The number of rotatable bonds is 9. The van der Waals surface area contributed by atoms with Crippen LogP contribution in [0.3, 0.4) is 0 Å². The number of fused-ring (bicyclic) bond motifs is 1. The van der Waals surface area contributed by atoms with Gasteiger partial charge < -0.3 is 9.72 Å². The number of nitrogens with one attached hydrogen (secondary N) is 1. The Morgan fingerprint density at radius 1 is 1.14 bits per heavy atom. The van der Waals surface area contributed by atoms with Crippen LogP contribution in [-0.4, -0.2) is 49.3 Å². The fourth-order valence-electron chi connectivity index (χ4n) is 4.56. The second kappa shape index (κ2) is 10.5. The van der Waals surface area contributed by atoms with Gasteiger partial charge in [0, 0.05) is 30.8 Å². The van der Waals surface area contributed by atoms with Crippen molar-refractivity contribution in [1.29, 1.82) is 0 Å². The van der Waals surface area contributed by atoms with Crippen LogP contribution in [0.25, 0.3) is 10.9 Å². The summed E-state index contributed by atoms with van der Waals surface area (Å²) in [6, 6.07) is 14.4. The average molecular weight is 477 g/mol. The van der Waals surface area contributed by atoms with E-state index in [9.17, 15) is 9.18 Å². The number of ether oxygens (including phenoxy) is 1. The third kappa shape index (κ3) is 5.63. The van der Waals surface area contributed by atoms with Crippen LogP contribution in [0.4, 0.5) is 4.39 Å². The topological polar surface area (TPSA) is 88.9 Å². The first-order valence-corrected chi connectivity index (χ1v) is 12.1. The molecular formula is C26H29FN6O2. The molecule has 0 saturated carbocycles. The summed E-state index contributed by atoms with van der Waals surface area (Å²) < 4.78 is 20.9. The standard InChI is InChI=1S/C26H29FN6O2/c1-2-18-7-10-24-20(12-18)13-21(26(34)28-24)15-32(16-23-4-3-11-35-23)17-25-29-30-31-33(25)14-19-5-8-22(27)9-6-19/h5-10,12-13,23H,2-4,11,14-17H2,1H3,(H,28,34)/t23-/m0/s1. The first-order valence-electron chi connectivity index (χ1n) is 12.1. The molecule has 0 aliphatic carbocycles. The Bertz CT molecular complexity index is 1340. The summed E-state index contributed by atoms with van der Waals surface area (Å²) in [7, 11) is 0. The normalized spacial score (nSPS) is 15.9. The maximum Gasteiger partial charge on any atom is 0.252 e. The molecule has 0 amide bonds. The summed E-state index contributed by atoms with van der Waals surface area (Å²) >= 11 is 0. The van der Waals surface area contributed by atoms with E-state index in [2.05, 4.69) is 38.4 Å². The summed E-state index contributed by atoms with van der Waals surface area (Å²) in [5.74, 6) is 0.401. The molecule has 9 heteroatoms. The lowest BCUT2D eigenvalue weighted by Gasteiger charge is -2.24. The number of hydrogen-bond donors (Lipinski definition) is 1. The fourth-order valence-corrected chi connectivity index (χ4v) is 4.56. The minimum Gasteiger partial charge on any atom is -0.377 e. The average Bonchev–Trinajstić information content (AvgIpc) is 3.53. The number of tetrazole rings is 1. The van der Waals surface area contributed by atoms with Crippen LogP contribution in [0.2, 0.25) is 0 Å². The second-order valence-electron chi connectivity index (χ2n) is 9.08. The van der Waals surface area contributed by atoms with E-state index in [1.165, 1.54) is 17.7 Å². The number of halogens is 1. The van der Waals surface area contributed by atoms with Crippen LogP contribution < -0.4 is 5.56 Å². The molecule has 2 aromatic heterocycles. The van der Waals surface area contributed by atoms with E-state index < -0.39 is 0 Å². The van der Waals surface area contributed by atoms with Gasteiger partial charge in [-0.1, -0.05) is 25.1 Å². The van der Waals surface area contributed by atoms with Gasteiger partial charge >= 0.3 is 0 Å². The van der Waals surface area contributed by atoms with E-state index in [-0.39, 0.29) is 17.5 Å². The summed E-state index contributed by atoms with van der Waals surface area (Å²) in [4.78, 5) is 18.1. The van der Waals surface area contributed by atoms with E-state index in [0.717, 1.165) is 42.3 Å². The highest BCUT2D eigenvalue weighted by atomic mass is 19.1. The molecule has 1 N–H and O–H groups in total. The SMILES string of the molecule is CCc1ccc2[nH]c(=O)c(CN(Cc3nnnn3Cc3ccc(F)cc3)C[C@@H]3CCCO3)cc2c1. The lowest BCUT2D eigenvalue weighted by Crippen LogP contribution is -2.34. The third-order valence-electron chi connectivity index (χ3n) is 6.49. The van der Waals surface area contributed by atoms with Crippen molar-refractivity contribution in [3.8, 4) is 0 Å². The van der Waals surface area contributed by atoms with Gasteiger partial charge in [0.1, 0.15) is 5.82 Å². The molecule has 1 aliphatic rings. The molecular weight excluding hydrogens is 447 g/mol. The Morgan fingerprint density at radius 3 is 2.74 bits per heavy atom. The maximum atomic E-state index is 13.3. The minimum atomic E-state index is -0.278.